The van der Waals surface area contributed by atoms with E-state index in [4.69, 9.17) is 23.4 Å². The number of fused-ring (bicyclic) bond motifs is 2. The van der Waals surface area contributed by atoms with Gasteiger partial charge in [0.05, 0.1) is 42.8 Å². The fourth-order valence-corrected chi connectivity index (χ4v) is 6.16. The number of hydrogen-bond donors (Lipinski definition) is 1. The van der Waals surface area contributed by atoms with E-state index in [1.165, 1.54) is 10.7 Å². The first-order valence-corrected chi connectivity index (χ1v) is 17.4. The van der Waals surface area contributed by atoms with Gasteiger partial charge in [0.1, 0.15) is 42.0 Å². The molecule has 5 aromatic rings. The Balaban J connectivity index is 0.772. The predicted molar refractivity (Wildman–Crippen MR) is 190 cm³/mol. The van der Waals surface area contributed by atoms with Gasteiger partial charge in [-0.2, -0.15) is 5.10 Å². The Morgan fingerprint density at radius 2 is 1.69 bits per heavy atom. The van der Waals surface area contributed by atoms with Gasteiger partial charge in [-0.05, 0) is 61.2 Å². The average Bonchev–Trinajstić information content (AvgIpc) is 3.71. The molecular formula is C38H36N6O10. The van der Waals surface area contributed by atoms with E-state index < -0.39 is 29.7 Å². The van der Waals surface area contributed by atoms with Crippen molar-refractivity contribution in [2.45, 2.75) is 38.3 Å². The van der Waals surface area contributed by atoms with Gasteiger partial charge in [0, 0.05) is 32.2 Å². The molecule has 16 heteroatoms. The molecule has 0 aliphatic carbocycles. The van der Waals surface area contributed by atoms with Crippen molar-refractivity contribution in [3.05, 3.63) is 99.6 Å². The van der Waals surface area contributed by atoms with Gasteiger partial charge < -0.3 is 23.4 Å². The highest BCUT2D eigenvalue weighted by atomic mass is 16.5. The number of oxazole rings is 1. The van der Waals surface area contributed by atoms with Crippen LogP contribution in [0.1, 0.15) is 51.2 Å². The minimum absolute atomic E-state index is 0.0724. The quantitative estimate of drug-likeness (QED) is 0.115. The van der Waals surface area contributed by atoms with Gasteiger partial charge in [0.15, 0.2) is 5.58 Å². The summed E-state index contributed by atoms with van der Waals surface area (Å²) in [6.45, 7) is 2.09. The van der Waals surface area contributed by atoms with Crippen LogP contribution in [0.4, 0.5) is 0 Å². The largest absolute Gasteiger partial charge is 0.490 e. The van der Waals surface area contributed by atoms with E-state index in [1.54, 1.807) is 61.8 Å². The predicted octanol–water partition coefficient (Wildman–Crippen LogP) is 3.01. The van der Waals surface area contributed by atoms with Crippen molar-refractivity contribution >= 4 is 34.7 Å². The van der Waals surface area contributed by atoms with Gasteiger partial charge in [-0.3, -0.25) is 39.2 Å². The normalized spacial score (nSPS) is 15.5. The summed E-state index contributed by atoms with van der Waals surface area (Å²) < 4.78 is 29.9. The van der Waals surface area contributed by atoms with Crippen LogP contribution in [-0.4, -0.2) is 87.4 Å². The molecule has 1 unspecified atom stereocenters. The molecule has 2 aromatic carbocycles. The van der Waals surface area contributed by atoms with Gasteiger partial charge in [-0.1, -0.05) is 12.1 Å². The summed E-state index contributed by atoms with van der Waals surface area (Å²) >= 11 is 0. The maximum atomic E-state index is 13.2. The Kier molecular flexibility index (Phi) is 10.8. The number of ether oxygens (including phenoxy) is 4. The van der Waals surface area contributed by atoms with E-state index in [1.807, 2.05) is 6.07 Å². The zero-order valence-corrected chi connectivity index (χ0v) is 29.3. The number of piperidine rings is 1. The molecule has 2 aliphatic rings. The average molecular weight is 737 g/mol. The summed E-state index contributed by atoms with van der Waals surface area (Å²) in [5.74, 6) is -0.584. The van der Waals surface area contributed by atoms with Gasteiger partial charge in [0.25, 0.3) is 17.4 Å². The third-order valence-corrected chi connectivity index (χ3v) is 8.88. The molecule has 1 fully saturated rings. The lowest BCUT2D eigenvalue weighted by Crippen LogP contribution is -2.54. The molecule has 2 aliphatic heterocycles. The highest BCUT2D eigenvalue weighted by molar-refractivity contribution is 6.24. The maximum absolute atomic E-state index is 13.2. The maximum Gasteiger partial charge on any atom is 0.266 e. The van der Waals surface area contributed by atoms with Crippen LogP contribution in [0.2, 0.25) is 0 Å². The summed E-state index contributed by atoms with van der Waals surface area (Å²) in [7, 11) is 1.56. The molecule has 0 spiro atoms. The Hall–Kier alpha value is -6.26. The third kappa shape index (κ3) is 8.04. The van der Waals surface area contributed by atoms with Gasteiger partial charge in [-0.15, -0.1) is 0 Å². The van der Waals surface area contributed by atoms with Crippen LogP contribution >= 0.6 is 0 Å². The van der Waals surface area contributed by atoms with Crippen LogP contribution in [0, 0.1) is 0 Å². The molecule has 54 heavy (non-hydrogen) atoms. The molecule has 4 amide bonds. The Bertz CT molecular complexity index is 2270. The van der Waals surface area contributed by atoms with Gasteiger partial charge in [0.2, 0.25) is 17.7 Å². The molecule has 5 heterocycles. The summed E-state index contributed by atoms with van der Waals surface area (Å²) in [5, 5.41) is 6.39. The molecule has 0 bridgehead atoms. The second-order valence-corrected chi connectivity index (χ2v) is 12.6. The Morgan fingerprint density at radius 3 is 2.48 bits per heavy atom. The van der Waals surface area contributed by atoms with Crippen molar-refractivity contribution < 1.29 is 42.5 Å². The van der Waals surface area contributed by atoms with Crippen LogP contribution < -0.4 is 20.3 Å². The zero-order chi connectivity index (χ0) is 37.6. The smallest absolute Gasteiger partial charge is 0.266 e. The fraction of sp³-hybridized carbons (Fsp3) is 0.316. The van der Waals surface area contributed by atoms with Crippen LogP contribution in [0.25, 0.3) is 22.7 Å². The highest BCUT2D eigenvalue weighted by Crippen LogP contribution is 2.31. The molecule has 278 valence electrons. The number of imide groups is 2. The molecule has 16 nitrogen and oxygen atoms in total. The molecule has 1 atom stereocenters. The van der Waals surface area contributed by atoms with E-state index in [0.29, 0.717) is 96.9 Å². The number of aryl methyl sites for hydroxylation is 2. The van der Waals surface area contributed by atoms with E-state index in [-0.39, 0.29) is 30.6 Å². The Labute approximate surface area is 308 Å². The van der Waals surface area contributed by atoms with E-state index in [9.17, 15) is 24.0 Å². The summed E-state index contributed by atoms with van der Waals surface area (Å²) in [5.41, 5.74) is 3.38. The number of carbonyl (C=O) groups excluding carboxylic acids is 4. The lowest BCUT2D eigenvalue weighted by Gasteiger charge is -2.27. The number of rotatable bonds is 16. The molecule has 0 radical (unpaired) electrons. The zero-order valence-electron chi connectivity index (χ0n) is 29.3. The summed E-state index contributed by atoms with van der Waals surface area (Å²) in [6.07, 6.45) is 2.93. The first-order chi connectivity index (χ1) is 26.2. The summed E-state index contributed by atoms with van der Waals surface area (Å²) in [4.78, 5) is 71.6. The monoisotopic (exact) mass is 736 g/mol. The van der Waals surface area contributed by atoms with Crippen molar-refractivity contribution in [1.82, 2.24) is 30.0 Å². The molecular weight excluding hydrogens is 700 g/mol. The number of amides is 4. The van der Waals surface area contributed by atoms with Crippen molar-refractivity contribution in [2.24, 2.45) is 7.05 Å². The van der Waals surface area contributed by atoms with Crippen LogP contribution in [0.3, 0.4) is 0 Å². The second-order valence-electron chi connectivity index (χ2n) is 12.6. The number of aromatic nitrogens is 4. The number of pyridine rings is 1. The number of nitrogens with zero attached hydrogens (tertiary/aromatic N) is 5. The first kappa shape index (κ1) is 36.1. The van der Waals surface area contributed by atoms with Gasteiger partial charge >= 0.3 is 0 Å². The van der Waals surface area contributed by atoms with E-state index >= 15 is 0 Å². The van der Waals surface area contributed by atoms with Gasteiger partial charge in [-0.25, -0.2) is 9.67 Å². The van der Waals surface area contributed by atoms with Crippen LogP contribution in [-0.2, 0) is 39.1 Å². The lowest BCUT2D eigenvalue weighted by atomic mass is 9.99. The standard InChI is InChI=1S/C38H36N6O10/c1-43-33(46)14-10-28(42-43)36-40-29-20-25(9-12-31(29)54-36)53-22-24-7-8-26(21-39-24)52-19-18-51-17-16-50-15-3-5-23-4-2-6-27-34(23)38(49)44(37(27)48)30-11-13-32(45)41-35(30)47/h2,4,6-10,12,14,20-21,30H,3,5,11,13,15-19,22H2,1H3,(H,41,45,47). The Morgan fingerprint density at radius 1 is 0.870 bits per heavy atom. The van der Waals surface area contributed by atoms with Crippen molar-refractivity contribution in [3.8, 4) is 23.1 Å². The summed E-state index contributed by atoms with van der Waals surface area (Å²) in [6, 6.07) is 16.0. The fourth-order valence-electron chi connectivity index (χ4n) is 6.16. The molecule has 7 rings (SSSR count). The van der Waals surface area contributed by atoms with Crippen LogP contribution in [0.15, 0.2) is 76.1 Å². The SMILES string of the molecule is Cn1nc(-c2nc3cc(OCc4ccc(OCCOCCOCCCc5cccc6c5C(=O)N(C5CCC(=O)NC5=O)C6=O)cn4)ccc3o2)ccc1=O. The van der Waals surface area contributed by atoms with Crippen molar-refractivity contribution in [3.63, 3.8) is 0 Å². The number of carbonyl (C=O) groups is 4. The lowest BCUT2D eigenvalue weighted by molar-refractivity contribution is -0.136. The minimum Gasteiger partial charge on any atom is -0.490 e. The number of hydrogen-bond acceptors (Lipinski definition) is 13. The molecule has 1 saturated heterocycles. The molecule has 1 N–H and O–H groups in total. The molecule has 0 saturated carbocycles. The van der Waals surface area contributed by atoms with E-state index in [2.05, 4.69) is 20.4 Å². The number of benzene rings is 2. The highest BCUT2D eigenvalue weighted by Gasteiger charge is 2.45. The van der Waals surface area contributed by atoms with Crippen molar-refractivity contribution in [2.75, 3.05) is 33.0 Å². The second kappa shape index (κ2) is 16.2. The topological polar surface area (TPSA) is 194 Å². The first-order valence-electron chi connectivity index (χ1n) is 17.4. The van der Waals surface area contributed by atoms with Crippen molar-refractivity contribution in [1.29, 1.82) is 0 Å². The third-order valence-electron chi connectivity index (χ3n) is 8.88. The number of nitrogens with one attached hydrogen (secondary N) is 1. The minimum atomic E-state index is -0.995. The molecule has 3 aromatic heterocycles. The van der Waals surface area contributed by atoms with Crippen LogP contribution in [0.5, 0.6) is 11.5 Å². The van der Waals surface area contributed by atoms with E-state index in [0.717, 1.165) is 4.90 Å².